The van der Waals surface area contributed by atoms with Gasteiger partial charge in [0.25, 0.3) is 0 Å². The molecule has 13 heavy (non-hydrogen) atoms. The van der Waals surface area contributed by atoms with Crippen LogP contribution in [0.4, 0.5) is 0 Å². The second kappa shape index (κ2) is 4.61. The zero-order valence-electron chi connectivity index (χ0n) is 8.17. The molecule has 1 aromatic rings. The van der Waals surface area contributed by atoms with Gasteiger partial charge in [-0.15, -0.1) is 0 Å². The topological polar surface area (TPSA) is 22.1 Å². The molecule has 0 radical (unpaired) electrons. The average molecular weight is 244 g/mol. The number of nitrogens with zero attached hydrogens (tertiary/aromatic N) is 1. The fraction of sp³-hybridized carbons (Fsp3) is 0.500. The van der Waals surface area contributed by atoms with E-state index in [1.54, 1.807) is 6.20 Å². The summed E-state index contributed by atoms with van der Waals surface area (Å²) >= 11 is 3.40. The van der Waals surface area contributed by atoms with Crippen molar-refractivity contribution in [1.29, 1.82) is 0 Å². The molecule has 0 fully saturated rings. The van der Waals surface area contributed by atoms with Crippen molar-refractivity contribution < 1.29 is 4.74 Å². The van der Waals surface area contributed by atoms with Crippen molar-refractivity contribution in [2.45, 2.75) is 26.7 Å². The summed E-state index contributed by atoms with van der Waals surface area (Å²) in [5.41, 5.74) is 1.15. The number of hydrogen-bond acceptors (Lipinski definition) is 2. The molecule has 0 unspecified atom stereocenters. The molecular weight excluding hydrogens is 230 g/mol. The van der Waals surface area contributed by atoms with Crippen molar-refractivity contribution in [2.75, 3.05) is 6.61 Å². The van der Waals surface area contributed by atoms with Crippen LogP contribution in [-0.4, -0.2) is 11.6 Å². The van der Waals surface area contributed by atoms with Crippen LogP contribution in [0.5, 0.6) is 5.88 Å². The maximum Gasteiger partial charge on any atom is 0.216 e. The molecule has 3 heteroatoms. The lowest BCUT2D eigenvalue weighted by Crippen LogP contribution is -2.00. The van der Waals surface area contributed by atoms with E-state index < -0.39 is 0 Å². The Morgan fingerprint density at radius 2 is 2.23 bits per heavy atom. The summed E-state index contributed by atoms with van der Waals surface area (Å²) < 4.78 is 6.42. The SMILES string of the molecule is CCOc1ncc(Br)cc1C(C)C. The van der Waals surface area contributed by atoms with Crippen LogP contribution in [-0.2, 0) is 0 Å². The summed E-state index contributed by atoms with van der Waals surface area (Å²) in [7, 11) is 0. The second-order valence-electron chi connectivity index (χ2n) is 3.14. The van der Waals surface area contributed by atoms with Gasteiger partial charge in [-0.2, -0.15) is 0 Å². The minimum absolute atomic E-state index is 0.437. The van der Waals surface area contributed by atoms with Gasteiger partial charge in [-0.1, -0.05) is 13.8 Å². The van der Waals surface area contributed by atoms with Crippen LogP contribution in [0.25, 0.3) is 0 Å². The predicted molar refractivity (Wildman–Crippen MR) is 57.2 cm³/mol. The van der Waals surface area contributed by atoms with E-state index >= 15 is 0 Å². The molecule has 0 aliphatic rings. The Labute approximate surface area is 87.5 Å². The Morgan fingerprint density at radius 1 is 1.54 bits per heavy atom. The predicted octanol–water partition coefficient (Wildman–Crippen LogP) is 3.37. The third-order valence-corrected chi connectivity index (χ3v) is 2.18. The fourth-order valence-electron chi connectivity index (χ4n) is 1.11. The van der Waals surface area contributed by atoms with Crippen molar-refractivity contribution in [3.8, 4) is 5.88 Å². The van der Waals surface area contributed by atoms with Crippen molar-refractivity contribution in [3.63, 3.8) is 0 Å². The summed E-state index contributed by atoms with van der Waals surface area (Å²) in [5, 5.41) is 0. The van der Waals surface area contributed by atoms with E-state index in [-0.39, 0.29) is 0 Å². The van der Waals surface area contributed by atoms with Crippen LogP contribution in [0.2, 0.25) is 0 Å². The summed E-state index contributed by atoms with van der Waals surface area (Å²) in [6.45, 7) is 6.89. The number of ether oxygens (including phenoxy) is 1. The first-order valence-corrected chi connectivity index (χ1v) is 5.22. The highest BCUT2D eigenvalue weighted by atomic mass is 79.9. The van der Waals surface area contributed by atoms with E-state index in [1.807, 2.05) is 6.92 Å². The second-order valence-corrected chi connectivity index (χ2v) is 4.05. The van der Waals surface area contributed by atoms with Gasteiger partial charge >= 0.3 is 0 Å². The molecule has 0 aliphatic carbocycles. The lowest BCUT2D eigenvalue weighted by Gasteiger charge is -2.11. The summed E-state index contributed by atoms with van der Waals surface area (Å²) in [6, 6.07) is 2.06. The van der Waals surface area contributed by atoms with Gasteiger partial charge in [-0.25, -0.2) is 4.98 Å². The first kappa shape index (κ1) is 10.5. The van der Waals surface area contributed by atoms with Crippen LogP contribution >= 0.6 is 15.9 Å². The Hall–Kier alpha value is -0.570. The van der Waals surface area contributed by atoms with Gasteiger partial charge in [0, 0.05) is 16.2 Å². The minimum Gasteiger partial charge on any atom is -0.478 e. The van der Waals surface area contributed by atoms with Crippen molar-refractivity contribution >= 4 is 15.9 Å². The number of halogens is 1. The molecule has 0 saturated heterocycles. The van der Waals surface area contributed by atoms with Crippen LogP contribution in [0.15, 0.2) is 16.7 Å². The fourth-order valence-corrected chi connectivity index (χ4v) is 1.46. The molecule has 0 amide bonds. The third-order valence-electron chi connectivity index (χ3n) is 1.75. The van der Waals surface area contributed by atoms with Gasteiger partial charge in [0.2, 0.25) is 5.88 Å². The largest absolute Gasteiger partial charge is 0.478 e. The quantitative estimate of drug-likeness (QED) is 0.813. The van der Waals surface area contributed by atoms with Crippen LogP contribution in [0.1, 0.15) is 32.3 Å². The standard InChI is InChI=1S/C10H14BrNO/c1-4-13-10-9(7(2)3)5-8(11)6-12-10/h5-7H,4H2,1-3H3. The Kier molecular flexibility index (Phi) is 3.72. The van der Waals surface area contributed by atoms with Gasteiger partial charge in [0.15, 0.2) is 0 Å². The monoisotopic (exact) mass is 243 g/mol. The highest BCUT2D eigenvalue weighted by molar-refractivity contribution is 9.10. The van der Waals surface area contributed by atoms with Gasteiger partial charge in [0.1, 0.15) is 0 Å². The Bertz CT molecular complexity index is 286. The van der Waals surface area contributed by atoms with Gasteiger partial charge in [-0.05, 0) is 34.8 Å². The highest BCUT2D eigenvalue weighted by Crippen LogP contribution is 2.26. The van der Waals surface area contributed by atoms with E-state index in [9.17, 15) is 0 Å². The molecular formula is C10H14BrNO. The highest BCUT2D eigenvalue weighted by Gasteiger charge is 2.09. The molecule has 0 aliphatic heterocycles. The average Bonchev–Trinajstić information content (AvgIpc) is 2.08. The number of pyridine rings is 1. The van der Waals surface area contributed by atoms with Crippen LogP contribution in [0.3, 0.4) is 0 Å². The van der Waals surface area contributed by atoms with E-state index in [0.717, 1.165) is 15.9 Å². The van der Waals surface area contributed by atoms with Crippen molar-refractivity contribution in [3.05, 3.63) is 22.3 Å². The van der Waals surface area contributed by atoms with Crippen molar-refractivity contribution in [1.82, 2.24) is 4.98 Å². The van der Waals surface area contributed by atoms with E-state index in [4.69, 9.17) is 4.74 Å². The molecule has 0 aromatic carbocycles. The zero-order valence-corrected chi connectivity index (χ0v) is 9.76. The molecule has 1 rings (SSSR count). The van der Waals surface area contributed by atoms with E-state index in [0.29, 0.717) is 12.5 Å². The minimum atomic E-state index is 0.437. The first-order chi connectivity index (χ1) is 6.15. The Morgan fingerprint density at radius 3 is 2.77 bits per heavy atom. The molecule has 2 nitrogen and oxygen atoms in total. The molecule has 0 spiro atoms. The number of hydrogen-bond donors (Lipinski definition) is 0. The number of rotatable bonds is 3. The maximum absolute atomic E-state index is 5.42. The van der Waals surface area contributed by atoms with Crippen LogP contribution < -0.4 is 4.74 Å². The zero-order chi connectivity index (χ0) is 9.84. The number of aromatic nitrogens is 1. The molecule has 1 aromatic heterocycles. The maximum atomic E-state index is 5.42. The first-order valence-electron chi connectivity index (χ1n) is 4.43. The molecule has 0 bridgehead atoms. The van der Waals surface area contributed by atoms with Crippen molar-refractivity contribution in [2.24, 2.45) is 0 Å². The van der Waals surface area contributed by atoms with Gasteiger partial charge < -0.3 is 4.74 Å². The van der Waals surface area contributed by atoms with E-state index in [2.05, 4.69) is 40.8 Å². The van der Waals surface area contributed by atoms with E-state index in [1.165, 1.54) is 0 Å². The molecule has 0 atom stereocenters. The lowest BCUT2D eigenvalue weighted by atomic mass is 10.1. The Balaban J connectivity index is 3.03. The summed E-state index contributed by atoms with van der Waals surface area (Å²) in [6.07, 6.45) is 1.76. The lowest BCUT2D eigenvalue weighted by molar-refractivity contribution is 0.321. The molecule has 0 N–H and O–H groups in total. The third kappa shape index (κ3) is 2.69. The molecule has 0 saturated carbocycles. The van der Waals surface area contributed by atoms with Gasteiger partial charge in [-0.3, -0.25) is 0 Å². The van der Waals surface area contributed by atoms with Crippen LogP contribution in [0, 0.1) is 0 Å². The molecule has 1 heterocycles. The van der Waals surface area contributed by atoms with Gasteiger partial charge in [0.05, 0.1) is 6.61 Å². The normalized spacial score (nSPS) is 10.5. The summed E-state index contributed by atoms with van der Waals surface area (Å²) in [5.74, 6) is 1.19. The smallest absolute Gasteiger partial charge is 0.216 e. The summed E-state index contributed by atoms with van der Waals surface area (Å²) in [4.78, 5) is 4.22. The molecule has 72 valence electrons.